The first-order chi connectivity index (χ1) is 15.9. The Morgan fingerprint density at radius 1 is 1.21 bits per heavy atom. The maximum absolute atomic E-state index is 13.2. The van der Waals surface area contributed by atoms with Crippen molar-refractivity contribution in [3.63, 3.8) is 0 Å². The van der Waals surface area contributed by atoms with Gasteiger partial charge in [-0.25, -0.2) is 14.8 Å². The van der Waals surface area contributed by atoms with Crippen LogP contribution in [0.3, 0.4) is 0 Å². The van der Waals surface area contributed by atoms with Crippen molar-refractivity contribution in [3.8, 4) is 11.5 Å². The molecule has 1 atom stereocenters. The molecule has 0 aliphatic carbocycles. The van der Waals surface area contributed by atoms with Crippen LogP contribution in [0, 0.1) is 6.92 Å². The molecule has 2 aliphatic rings. The summed E-state index contributed by atoms with van der Waals surface area (Å²) in [5, 5.41) is 0.487. The third kappa shape index (κ3) is 4.93. The van der Waals surface area contributed by atoms with E-state index in [0.717, 1.165) is 29.9 Å². The predicted molar refractivity (Wildman–Crippen MR) is 124 cm³/mol. The van der Waals surface area contributed by atoms with Crippen molar-refractivity contribution in [2.24, 2.45) is 0 Å². The second-order valence-electron chi connectivity index (χ2n) is 8.43. The number of hydrogen-bond donors (Lipinski definition) is 0. The molecule has 1 amide bonds. The van der Waals surface area contributed by atoms with Crippen LogP contribution in [0.4, 0.5) is 0 Å². The maximum Gasteiger partial charge on any atom is 0.342 e. The van der Waals surface area contributed by atoms with E-state index in [2.05, 4.69) is 9.97 Å². The van der Waals surface area contributed by atoms with E-state index in [9.17, 15) is 9.59 Å². The lowest BCUT2D eigenvalue weighted by Crippen LogP contribution is -2.32. The van der Waals surface area contributed by atoms with E-state index in [1.807, 2.05) is 36.9 Å². The van der Waals surface area contributed by atoms with Gasteiger partial charge >= 0.3 is 5.97 Å². The molecule has 2 aliphatic heterocycles. The fourth-order valence-corrected chi connectivity index (χ4v) is 5.12. The van der Waals surface area contributed by atoms with Crippen LogP contribution in [0.25, 0.3) is 0 Å². The van der Waals surface area contributed by atoms with Crippen LogP contribution in [0.1, 0.15) is 66.1 Å². The molecule has 9 heteroatoms. The second kappa shape index (κ2) is 9.99. The fraction of sp³-hybridized carbons (Fsp3) is 0.500. The van der Waals surface area contributed by atoms with E-state index >= 15 is 0 Å². The van der Waals surface area contributed by atoms with Crippen LogP contribution in [0.2, 0.25) is 0 Å². The van der Waals surface area contributed by atoms with Crippen molar-refractivity contribution >= 4 is 23.6 Å². The summed E-state index contributed by atoms with van der Waals surface area (Å²) in [6, 6.07) is 5.90. The van der Waals surface area contributed by atoms with Gasteiger partial charge in [0.15, 0.2) is 11.5 Å². The molecule has 1 fully saturated rings. The summed E-state index contributed by atoms with van der Waals surface area (Å²) in [4.78, 5) is 36.5. The van der Waals surface area contributed by atoms with Crippen LogP contribution in [0.5, 0.6) is 11.5 Å². The third-order valence-corrected chi connectivity index (χ3v) is 6.80. The summed E-state index contributed by atoms with van der Waals surface area (Å²) < 4.78 is 16.3. The molecule has 176 valence electrons. The normalized spacial score (nSPS) is 17.4. The average Bonchev–Trinajstić information content (AvgIpc) is 3.31. The number of fused-ring (bicyclic) bond motifs is 1. The van der Waals surface area contributed by atoms with E-state index in [1.165, 1.54) is 18.9 Å². The van der Waals surface area contributed by atoms with E-state index in [0.29, 0.717) is 41.9 Å². The van der Waals surface area contributed by atoms with E-state index in [-0.39, 0.29) is 23.6 Å². The smallest absolute Gasteiger partial charge is 0.342 e. The van der Waals surface area contributed by atoms with Crippen LogP contribution < -0.4 is 9.47 Å². The van der Waals surface area contributed by atoms with Gasteiger partial charge in [0.2, 0.25) is 5.91 Å². The topological polar surface area (TPSA) is 90.9 Å². The number of carbonyl (C=O) groups excluding carboxylic acids is 2. The summed E-state index contributed by atoms with van der Waals surface area (Å²) in [6.07, 6.45) is 1.83. The average molecular weight is 472 g/mol. The van der Waals surface area contributed by atoms with Crippen LogP contribution in [-0.4, -0.2) is 59.4 Å². The molecule has 33 heavy (non-hydrogen) atoms. The number of rotatable bonds is 6. The minimum Gasteiger partial charge on any atom is -0.486 e. The molecular weight excluding hydrogens is 442 g/mol. The molecule has 1 saturated heterocycles. The molecule has 3 heterocycles. The highest BCUT2D eigenvalue weighted by atomic mass is 32.2. The molecule has 0 bridgehead atoms. The van der Waals surface area contributed by atoms with Crippen LogP contribution in [-0.2, 0) is 9.53 Å². The zero-order chi connectivity index (χ0) is 23.5. The van der Waals surface area contributed by atoms with Crippen molar-refractivity contribution in [1.82, 2.24) is 14.9 Å². The maximum atomic E-state index is 13.2. The van der Waals surface area contributed by atoms with Gasteiger partial charge < -0.3 is 19.1 Å². The van der Waals surface area contributed by atoms with Gasteiger partial charge in [-0.2, -0.15) is 0 Å². The number of aromatic nitrogens is 2. The summed E-state index contributed by atoms with van der Waals surface area (Å²) in [5.74, 6) is 1.91. The van der Waals surface area contributed by atoms with Gasteiger partial charge in [-0.05, 0) is 37.5 Å². The molecule has 4 rings (SSSR count). The third-order valence-electron chi connectivity index (χ3n) is 5.84. The lowest BCUT2D eigenvalue weighted by atomic mass is 10.0. The summed E-state index contributed by atoms with van der Waals surface area (Å²) >= 11 is 1.26. The molecule has 0 saturated carbocycles. The molecule has 0 radical (unpaired) electrons. The van der Waals surface area contributed by atoms with Gasteiger partial charge in [-0.1, -0.05) is 31.7 Å². The molecule has 0 unspecified atom stereocenters. The number of amides is 1. The highest BCUT2D eigenvalue weighted by molar-refractivity contribution is 8.00. The Labute approximate surface area is 198 Å². The Balaban J connectivity index is 1.52. The molecule has 1 aromatic carbocycles. The van der Waals surface area contributed by atoms with Crippen molar-refractivity contribution < 1.29 is 23.8 Å². The minimum atomic E-state index is -0.493. The van der Waals surface area contributed by atoms with Gasteiger partial charge in [-0.15, -0.1) is 0 Å². The zero-order valence-electron chi connectivity index (χ0n) is 19.4. The first-order valence-electron chi connectivity index (χ1n) is 11.2. The number of carbonyl (C=O) groups is 2. The van der Waals surface area contributed by atoms with Gasteiger partial charge in [0.05, 0.1) is 24.6 Å². The van der Waals surface area contributed by atoms with Crippen molar-refractivity contribution in [1.29, 1.82) is 0 Å². The fourth-order valence-electron chi connectivity index (χ4n) is 4.16. The summed E-state index contributed by atoms with van der Waals surface area (Å²) in [5.41, 5.74) is 1.93. The summed E-state index contributed by atoms with van der Waals surface area (Å²) in [6.45, 7) is 7.53. The van der Waals surface area contributed by atoms with Gasteiger partial charge in [0.1, 0.15) is 29.6 Å². The lowest BCUT2D eigenvalue weighted by Gasteiger charge is -2.27. The van der Waals surface area contributed by atoms with Gasteiger partial charge in [-0.3, -0.25) is 4.79 Å². The largest absolute Gasteiger partial charge is 0.486 e. The van der Waals surface area contributed by atoms with Gasteiger partial charge in [0.25, 0.3) is 0 Å². The number of nitrogens with zero attached hydrogens (tertiary/aromatic N) is 3. The Kier molecular flexibility index (Phi) is 7.07. The van der Waals surface area contributed by atoms with Crippen molar-refractivity contribution in [2.75, 3.05) is 32.6 Å². The standard InChI is InChI=1S/C24H29N3O5S/c1-14(2)22-25-15(3)21(24(29)30-4)23(26-22)33-13-20(28)27-9-5-6-17(27)16-7-8-18-19(12-16)32-11-10-31-18/h7-8,12,14,17H,5-6,9-11,13H2,1-4H3/t17-/m1/s1. The Bertz CT molecular complexity index is 1060. The number of esters is 1. The molecule has 0 N–H and O–H groups in total. The Morgan fingerprint density at radius 2 is 1.97 bits per heavy atom. The van der Waals surface area contributed by atoms with E-state index < -0.39 is 5.97 Å². The van der Waals surface area contributed by atoms with Crippen molar-refractivity contribution in [2.45, 2.75) is 50.6 Å². The highest BCUT2D eigenvalue weighted by Gasteiger charge is 2.31. The number of hydrogen-bond acceptors (Lipinski definition) is 8. The highest BCUT2D eigenvalue weighted by Crippen LogP contribution is 2.38. The van der Waals surface area contributed by atoms with Crippen LogP contribution >= 0.6 is 11.8 Å². The van der Waals surface area contributed by atoms with E-state index in [1.54, 1.807) is 6.92 Å². The number of methoxy groups -OCH3 is 1. The predicted octanol–water partition coefficient (Wildman–Crippen LogP) is 3.92. The lowest BCUT2D eigenvalue weighted by molar-refractivity contribution is -0.129. The minimum absolute atomic E-state index is 0.00707. The summed E-state index contributed by atoms with van der Waals surface area (Å²) in [7, 11) is 1.33. The zero-order valence-corrected chi connectivity index (χ0v) is 20.2. The van der Waals surface area contributed by atoms with Gasteiger partial charge in [0, 0.05) is 12.5 Å². The first kappa shape index (κ1) is 23.4. The molecule has 2 aromatic rings. The van der Waals surface area contributed by atoms with Crippen LogP contribution in [0.15, 0.2) is 23.2 Å². The second-order valence-corrected chi connectivity index (χ2v) is 9.39. The number of ether oxygens (including phenoxy) is 3. The number of likely N-dealkylation sites (tertiary alicyclic amines) is 1. The van der Waals surface area contributed by atoms with E-state index in [4.69, 9.17) is 14.2 Å². The number of aryl methyl sites for hydroxylation is 1. The Morgan fingerprint density at radius 3 is 2.70 bits per heavy atom. The molecule has 0 spiro atoms. The molecular formula is C24H29N3O5S. The Hall–Kier alpha value is -2.81. The molecule has 1 aromatic heterocycles. The number of thioether (sulfide) groups is 1. The van der Waals surface area contributed by atoms with Crippen molar-refractivity contribution in [3.05, 3.63) is 40.8 Å². The quantitative estimate of drug-likeness (QED) is 0.356. The molecule has 8 nitrogen and oxygen atoms in total. The number of benzene rings is 1. The SMILES string of the molecule is COC(=O)c1c(C)nc(C(C)C)nc1SCC(=O)N1CCC[C@@H]1c1ccc2c(c1)OCCO2. The monoisotopic (exact) mass is 471 g/mol. The first-order valence-corrected chi connectivity index (χ1v) is 12.2.